The Morgan fingerprint density at radius 1 is 1.31 bits per heavy atom. The van der Waals surface area contributed by atoms with Crippen molar-refractivity contribution in [3.63, 3.8) is 0 Å². The molecule has 16 heavy (non-hydrogen) atoms. The van der Waals surface area contributed by atoms with Gasteiger partial charge in [-0.1, -0.05) is 6.07 Å². The number of pyridine rings is 1. The summed E-state index contributed by atoms with van der Waals surface area (Å²) in [4.78, 5) is 23.5. The number of aryl methyl sites for hydroxylation is 1. The lowest BCUT2D eigenvalue weighted by molar-refractivity contribution is -0.120. The van der Waals surface area contributed by atoms with E-state index >= 15 is 0 Å². The number of nitrogens with zero attached hydrogens (tertiary/aromatic N) is 1. The zero-order valence-electron chi connectivity index (χ0n) is 9.24. The van der Waals surface area contributed by atoms with E-state index in [0.717, 1.165) is 37.8 Å². The van der Waals surface area contributed by atoms with Crippen molar-refractivity contribution >= 4 is 5.78 Å². The second kappa shape index (κ2) is 3.58. The van der Waals surface area contributed by atoms with Crippen LogP contribution in [0, 0.1) is 5.92 Å². The normalized spacial score (nSPS) is 18.5. The number of hydrogen-bond acceptors (Lipinski definition) is 2. The van der Waals surface area contributed by atoms with E-state index in [1.54, 1.807) is 10.6 Å². The molecule has 1 fully saturated rings. The van der Waals surface area contributed by atoms with Crippen LogP contribution in [0.25, 0.3) is 0 Å². The highest BCUT2D eigenvalue weighted by Gasteiger charge is 2.30. The maximum absolute atomic E-state index is 11.8. The molecule has 3 heteroatoms. The quantitative estimate of drug-likeness (QED) is 0.766. The summed E-state index contributed by atoms with van der Waals surface area (Å²) >= 11 is 0. The lowest BCUT2D eigenvalue weighted by Crippen LogP contribution is -2.27. The van der Waals surface area contributed by atoms with Gasteiger partial charge in [0.15, 0.2) is 5.78 Å². The number of fused-ring (bicyclic) bond motifs is 1. The summed E-state index contributed by atoms with van der Waals surface area (Å²) in [7, 11) is 0. The Morgan fingerprint density at radius 2 is 2.12 bits per heavy atom. The molecule has 3 rings (SSSR count). The van der Waals surface area contributed by atoms with E-state index < -0.39 is 0 Å². The van der Waals surface area contributed by atoms with E-state index in [1.807, 2.05) is 6.07 Å². The smallest absolute Gasteiger partial charge is 0.251 e. The standard InChI is InChI=1S/C13H15NO2/c15-12(10-4-5-10)8-14-11-3-1-2-9(11)6-7-13(14)16/h6-7,10H,1-5,8H2. The molecule has 1 aromatic rings. The van der Waals surface area contributed by atoms with Crippen molar-refractivity contribution < 1.29 is 4.79 Å². The van der Waals surface area contributed by atoms with E-state index in [2.05, 4.69) is 0 Å². The molecule has 0 amide bonds. The van der Waals surface area contributed by atoms with E-state index in [9.17, 15) is 9.59 Å². The monoisotopic (exact) mass is 217 g/mol. The van der Waals surface area contributed by atoms with Crippen molar-refractivity contribution in [2.75, 3.05) is 0 Å². The Hall–Kier alpha value is -1.38. The molecule has 0 atom stereocenters. The fraction of sp³-hybridized carbons (Fsp3) is 0.538. The molecule has 0 bridgehead atoms. The predicted octanol–water partition coefficient (Wildman–Crippen LogP) is 1.32. The molecule has 2 aliphatic rings. The van der Waals surface area contributed by atoms with Crippen LogP contribution in [0.4, 0.5) is 0 Å². The predicted molar refractivity (Wildman–Crippen MR) is 60.5 cm³/mol. The summed E-state index contributed by atoms with van der Waals surface area (Å²) in [6.07, 6.45) is 5.14. The number of hydrogen-bond donors (Lipinski definition) is 0. The minimum Gasteiger partial charge on any atom is -0.305 e. The van der Waals surface area contributed by atoms with Crippen LogP contribution in [-0.4, -0.2) is 10.4 Å². The van der Waals surface area contributed by atoms with E-state index in [0.29, 0.717) is 6.54 Å². The third kappa shape index (κ3) is 1.60. The second-order valence-corrected chi connectivity index (χ2v) is 4.82. The zero-order chi connectivity index (χ0) is 11.1. The first-order valence-corrected chi connectivity index (χ1v) is 6.00. The van der Waals surface area contributed by atoms with Crippen LogP contribution in [0.3, 0.4) is 0 Å². The number of carbonyl (C=O) groups excluding carboxylic acids is 1. The van der Waals surface area contributed by atoms with Gasteiger partial charge in [-0.15, -0.1) is 0 Å². The molecular formula is C13H15NO2. The fourth-order valence-corrected chi connectivity index (χ4v) is 2.50. The van der Waals surface area contributed by atoms with Gasteiger partial charge in [0.25, 0.3) is 5.56 Å². The average molecular weight is 217 g/mol. The molecule has 2 aliphatic carbocycles. The topological polar surface area (TPSA) is 39.1 Å². The molecule has 3 nitrogen and oxygen atoms in total. The third-order valence-corrected chi connectivity index (χ3v) is 3.60. The summed E-state index contributed by atoms with van der Waals surface area (Å²) < 4.78 is 1.70. The maximum atomic E-state index is 11.8. The Balaban J connectivity index is 1.96. The SMILES string of the molecule is O=C(Cn1c2c(ccc1=O)CCC2)C1CC1. The van der Waals surface area contributed by atoms with E-state index in [-0.39, 0.29) is 17.3 Å². The Kier molecular flexibility index (Phi) is 2.20. The number of carbonyl (C=O) groups is 1. The first-order valence-electron chi connectivity index (χ1n) is 6.00. The summed E-state index contributed by atoms with van der Waals surface area (Å²) in [5.74, 6) is 0.478. The largest absolute Gasteiger partial charge is 0.305 e. The summed E-state index contributed by atoms with van der Waals surface area (Å²) in [5, 5.41) is 0. The van der Waals surface area contributed by atoms with Crippen molar-refractivity contribution in [3.05, 3.63) is 33.7 Å². The van der Waals surface area contributed by atoms with Gasteiger partial charge < -0.3 is 4.57 Å². The van der Waals surface area contributed by atoms with Crippen LogP contribution in [-0.2, 0) is 24.2 Å². The lowest BCUT2D eigenvalue weighted by Gasteiger charge is -2.10. The highest BCUT2D eigenvalue weighted by molar-refractivity contribution is 5.83. The third-order valence-electron chi connectivity index (χ3n) is 3.60. The van der Waals surface area contributed by atoms with Crippen LogP contribution in [0.5, 0.6) is 0 Å². The highest BCUT2D eigenvalue weighted by atomic mass is 16.1. The zero-order valence-corrected chi connectivity index (χ0v) is 9.24. The van der Waals surface area contributed by atoms with Crippen molar-refractivity contribution in [2.45, 2.75) is 38.6 Å². The molecule has 0 spiro atoms. The molecule has 0 aromatic carbocycles. The average Bonchev–Trinajstić information content (AvgIpc) is 3.01. The molecule has 0 radical (unpaired) electrons. The van der Waals surface area contributed by atoms with Crippen LogP contribution >= 0.6 is 0 Å². The van der Waals surface area contributed by atoms with Crippen molar-refractivity contribution in [1.29, 1.82) is 0 Å². The molecule has 84 valence electrons. The van der Waals surface area contributed by atoms with Gasteiger partial charge in [0.1, 0.15) is 0 Å². The molecule has 1 aromatic heterocycles. The molecular weight excluding hydrogens is 202 g/mol. The Bertz CT molecular complexity index is 497. The lowest BCUT2D eigenvalue weighted by atomic mass is 10.2. The van der Waals surface area contributed by atoms with E-state index in [1.165, 1.54) is 5.56 Å². The minimum atomic E-state index is -0.0188. The fourth-order valence-electron chi connectivity index (χ4n) is 2.50. The first-order chi connectivity index (χ1) is 7.75. The molecule has 0 aliphatic heterocycles. The Morgan fingerprint density at radius 3 is 2.88 bits per heavy atom. The van der Waals surface area contributed by atoms with Gasteiger partial charge in [0.2, 0.25) is 0 Å². The molecule has 0 saturated heterocycles. The van der Waals surface area contributed by atoms with Crippen LogP contribution in [0.1, 0.15) is 30.5 Å². The second-order valence-electron chi connectivity index (χ2n) is 4.82. The van der Waals surface area contributed by atoms with Gasteiger partial charge in [0, 0.05) is 17.7 Å². The number of rotatable bonds is 3. The first kappa shape index (κ1) is 9.82. The van der Waals surface area contributed by atoms with Crippen LogP contribution in [0.2, 0.25) is 0 Å². The van der Waals surface area contributed by atoms with Gasteiger partial charge in [-0.25, -0.2) is 0 Å². The Labute approximate surface area is 94.1 Å². The van der Waals surface area contributed by atoms with Crippen molar-refractivity contribution in [1.82, 2.24) is 4.57 Å². The molecule has 1 heterocycles. The molecule has 0 N–H and O–H groups in total. The van der Waals surface area contributed by atoms with Gasteiger partial charge in [-0.3, -0.25) is 9.59 Å². The molecule has 1 saturated carbocycles. The van der Waals surface area contributed by atoms with Crippen LogP contribution in [0.15, 0.2) is 16.9 Å². The van der Waals surface area contributed by atoms with Gasteiger partial charge in [0.05, 0.1) is 6.54 Å². The number of Topliss-reactive ketones (excluding diaryl/α,β-unsaturated/α-hetero) is 1. The summed E-state index contributed by atoms with van der Waals surface area (Å²) in [6, 6.07) is 3.52. The number of ketones is 1. The number of aromatic nitrogens is 1. The maximum Gasteiger partial charge on any atom is 0.251 e. The minimum absolute atomic E-state index is 0.0188. The van der Waals surface area contributed by atoms with E-state index in [4.69, 9.17) is 0 Å². The molecule has 0 unspecified atom stereocenters. The summed E-state index contributed by atoms with van der Waals surface area (Å²) in [6.45, 7) is 0.298. The van der Waals surface area contributed by atoms with Gasteiger partial charge in [-0.2, -0.15) is 0 Å². The summed E-state index contributed by atoms with van der Waals surface area (Å²) in [5.41, 5.74) is 2.33. The van der Waals surface area contributed by atoms with Crippen molar-refractivity contribution in [3.8, 4) is 0 Å². The van der Waals surface area contributed by atoms with Crippen LogP contribution < -0.4 is 5.56 Å². The van der Waals surface area contributed by atoms with Gasteiger partial charge >= 0.3 is 0 Å². The highest BCUT2D eigenvalue weighted by Crippen LogP contribution is 2.30. The van der Waals surface area contributed by atoms with Crippen molar-refractivity contribution in [2.24, 2.45) is 5.92 Å². The van der Waals surface area contributed by atoms with Gasteiger partial charge in [-0.05, 0) is 37.7 Å².